The number of rotatable bonds is 7. The van der Waals surface area contributed by atoms with Crippen molar-refractivity contribution in [2.75, 3.05) is 0 Å². The van der Waals surface area contributed by atoms with Crippen molar-refractivity contribution < 1.29 is 4.79 Å². The quantitative estimate of drug-likeness (QED) is 0.724. The number of nitrogens with one attached hydrogen (secondary N) is 1. The molecule has 1 aliphatic rings. The van der Waals surface area contributed by atoms with Crippen molar-refractivity contribution in [1.82, 2.24) is 5.32 Å². The van der Waals surface area contributed by atoms with E-state index in [-0.39, 0.29) is 23.4 Å². The SMILES string of the molecule is CC(C)N[C@@H](CCC1(C)N=N1)C(=O)C(C)C. The van der Waals surface area contributed by atoms with Gasteiger partial charge in [0.2, 0.25) is 0 Å². The summed E-state index contributed by atoms with van der Waals surface area (Å²) in [7, 11) is 0. The van der Waals surface area contributed by atoms with Crippen LogP contribution in [0, 0.1) is 5.92 Å². The van der Waals surface area contributed by atoms with Gasteiger partial charge in [0.25, 0.3) is 0 Å². The molecule has 0 saturated carbocycles. The highest BCUT2D eigenvalue weighted by atomic mass is 16.1. The van der Waals surface area contributed by atoms with Gasteiger partial charge in [-0.2, -0.15) is 10.2 Å². The predicted molar refractivity (Wildman–Crippen MR) is 64.4 cm³/mol. The lowest BCUT2D eigenvalue weighted by Gasteiger charge is -2.22. The molecule has 0 spiro atoms. The van der Waals surface area contributed by atoms with Crippen molar-refractivity contribution in [1.29, 1.82) is 0 Å². The highest BCUT2D eigenvalue weighted by molar-refractivity contribution is 5.85. The number of hydrogen-bond acceptors (Lipinski definition) is 4. The van der Waals surface area contributed by atoms with E-state index in [0.29, 0.717) is 6.04 Å². The van der Waals surface area contributed by atoms with Crippen LogP contribution in [0.3, 0.4) is 0 Å². The molecule has 1 heterocycles. The van der Waals surface area contributed by atoms with Gasteiger partial charge in [-0.25, -0.2) is 0 Å². The first-order valence-corrected chi connectivity index (χ1v) is 6.08. The molecule has 0 aromatic rings. The van der Waals surface area contributed by atoms with Gasteiger partial charge in [-0.3, -0.25) is 4.79 Å². The normalized spacial score (nSPS) is 19.2. The molecule has 1 aliphatic heterocycles. The molecule has 4 nitrogen and oxygen atoms in total. The van der Waals surface area contributed by atoms with E-state index in [1.165, 1.54) is 0 Å². The summed E-state index contributed by atoms with van der Waals surface area (Å²) in [6, 6.07) is 0.274. The molecule has 4 heteroatoms. The summed E-state index contributed by atoms with van der Waals surface area (Å²) in [5.74, 6) is 0.370. The van der Waals surface area contributed by atoms with E-state index in [9.17, 15) is 4.79 Å². The zero-order valence-corrected chi connectivity index (χ0v) is 10.9. The van der Waals surface area contributed by atoms with Crippen molar-refractivity contribution in [3.63, 3.8) is 0 Å². The van der Waals surface area contributed by atoms with Crippen LogP contribution in [-0.4, -0.2) is 23.5 Å². The lowest BCUT2D eigenvalue weighted by molar-refractivity contribution is -0.124. The second-order valence-corrected chi connectivity index (χ2v) is 5.39. The Labute approximate surface area is 97.9 Å². The van der Waals surface area contributed by atoms with Crippen molar-refractivity contribution in [3.05, 3.63) is 0 Å². The molecule has 1 atom stereocenters. The third-order valence-corrected chi connectivity index (χ3v) is 2.80. The second kappa shape index (κ2) is 5.04. The summed E-state index contributed by atoms with van der Waals surface area (Å²) < 4.78 is 0. The van der Waals surface area contributed by atoms with Crippen molar-refractivity contribution in [3.8, 4) is 0 Å². The Hall–Kier alpha value is -0.770. The summed E-state index contributed by atoms with van der Waals surface area (Å²) >= 11 is 0. The first kappa shape index (κ1) is 13.3. The molecule has 0 unspecified atom stereocenters. The van der Waals surface area contributed by atoms with Crippen molar-refractivity contribution in [2.45, 2.75) is 65.2 Å². The zero-order chi connectivity index (χ0) is 12.3. The van der Waals surface area contributed by atoms with Gasteiger partial charge in [0.1, 0.15) is 0 Å². The third-order valence-electron chi connectivity index (χ3n) is 2.80. The van der Waals surface area contributed by atoms with Crippen LogP contribution in [0.2, 0.25) is 0 Å². The van der Waals surface area contributed by atoms with Gasteiger partial charge >= 0.3 is 0 Å². The van der Waals surface area contributed by atoms with Crippen LogP contribution in [0.15, 0.2) is 10.2 Å². The lowest BCUT2D eigenvalue weighted by atomic mass is 9.95. The summed E-state index contributed by atoms with van der Waals surface area (Å²) in [4.78, 5) is 12.0. The Kier molecular flexibility index (Phi) is 4.19. The zero-order valence-electron chi connectivity index (χ0n) is 10.9. The highest BCUT2D eigenvalue weighted by Crippen LogP contribution is 2.32. The molecule has 0 radical (unpaired) electrons. The van der Waals surface area contributed by atoms with Crippen LogP contribution in [0.4, 0.5) is 0 Å². The van der Waals surface area contributed by atoms with E-state index < -0.39 is 0 Å². The third kappa shape index (κ3) is 4.00. The number of ketones is 1. The first-order chi connectivity index (χ1) is 7.34. The van der Waals surface area contributed by atoms with E-state index in [1.54, 1.807) is 0 Å². The van der Waals surface area contributed by atoms with Gasteiger partial charge in [0.05, 0.1) is 6.04 Å². The van der Waals surface area contributed by atoms with Gasteiger partial charge in [-0.05, 0) is 19.8 Å². The average molecular weight is 225 g/mol. The molecule has 0 aliphatic carbocycles. The van der Waals surface area contributed by atoms with Crippen molar-refractivity contribution in [2.24, 2.45) is 16.1 Å². The molecule has 0 fully saturated rings. The van der Waals surface area contributed by atoms with Gasteiger partial charge in [-0.1, -0.05) is 27.7 Å². The molecule has 1 N–H and O–H groups in total. The largest absolute Gasteiger partial charge is 0.305 e. The first-order valence-electron chi connectivity index (χ1n) is 6.08. The maximum Gasteiger partial charge on any atom is 0.188 e. The molecule has 0 saturated heterocycles. The molecule has 0 bridgehead atoms. The standard InChI is InChI=1S/C12H23N3O/c1-8(2)11(16)10(13-9(3)4)6-7-12(5)14-15-12/h8-10,13H,6-7H2,1-5H3/t10-/m0/s1. The number of carbonyl (C=O) groups is 1. The second-order valence-electron chi connectivity index (χ2n) is 5.39. The Balaban J connectivity index is 2.46. The van der Waals surface area contributed by atoms with Crippen LogP contribution < -0.4 is 5.32 Å². The van der Waals surface area contributed by atoms with Gasteiger partial charge < -0.3 is 5.32 Å². The van der Waals surface area contributed by atoms with Gasteiger partial charge in [0, 0.05) is 12.0 Å². The Morgan fingerprint density at radius 2 is 1.81 bits per heavy atom. The van der Waals surface area contributed by atoms with Crippen LogP contribution in [0.25, 0.3) is 0 Å². The summed E-state index contributed by atoms with van der Waals surface area (Å²) in [6.45, 7) is 10.0. The summed E-state index contributed by atoms with van der Waals surface area (Å²) in [5, 5.41) is 11.3. The predicted octanol–water partition coefficient (Wildman–Crippen LogP) is 2.54. The minimum atomic E-state index is -0.200. The molecular formula is C12H23N3O. The summed E-state index contributed by atoms with van der Waals surface area (Å²) in [5.41, 5.74) is -0.200. The minimum absolute atomic E-state index is 0.0529. The fourth-order valence-corrected chi connectivity index (χ4v) is 1.72. The highest BCUT2D eigenvalue weighted by Gasteiger charge is 2.35. The van der Waals surface area contributed by atoms with E-state index in [1.807, 2.05) is 20.8 Å². The minimum Gasteiger partial charge on any atom is -0.305 e. The molecule has 0 amide bonds. The Morgan fingerprint density at radius 1 is 1.25 bits per heavy atom. The molecule has 0 aromatic heterocycles. The van der Waals surface area contributed by atoms with Crippen LogP contribution in [-0.2, 0) is 4.79 Å². The maximum atomic E-state index is 12.0. The van der Waals surface area contributed by atoms with Gasteiger partial charge in [0.15, 0.2) is 11.4 Å². The van der Waals surface area contributed by atoms with E-state index >= 15 is 0 Å². The van der Waals surface area contributed by atoms with Crippen LogP contribution in [0.5, 0.6) is 0 Å². The number of nitrogens with zero attached hydrogens (tertiary/aromatic N) is 2. The van der Waals surface area contributed by atoms with Crippen LogP contribution >= 0.6 is 0 Å². The monoisotopic (exact) mass is 225 g/mol. The molecule has 1 rings (SSSR count). The van der Waals surface area contributed by atoms with Crippen LogP contribution in [0.1, 0.15) is 47.5 Å². The van der Waals surface area contributed by atoms with E-state index in [2.05, 4.69) is 29.4 Å². The number of hydrogen-bond donors (Lipinski definition) is 1. The van der Waals surface area contributed by atoms with E-state index in [0.717, 1.165) is 12.8 Å². The summed E-state index contributed by atoms with van der Waals surface area (Å²) in [6.07, 6.45) is 1.68. The lowest BCUT2D eigenvalue weighted by Crippen LogP contribution is -2.43. The van der Waals surface area contributed by atoms with E-state index in [4.69, 9.17) is 0 Å². The maximum absolute atomic E-state index is 12.0. The Bertz CT molecular complexity index is 278. The fourth-order valence-electron chi connectivity index (χ4n) is 1.72. The molecule has 16 heavy (non-hydrogen) atoms. The molecular weight excluding hydrogens is 202 g/mol. The topological polar surface area (TPSA) is 53.8 Å². The molecule has 0 aromatic carbocycles. The molecule has 92 valence electrons. The number of carbonyl (C=O) groups excluding carboxylic acids is 1. The fraction of sp³-hybridized carbons (Fsp3) is 0.917. The number of Topliss-reactive ketones (excluding diaryl/α,β-unsaturated/α-hetero) is 1. The average Bonchev–Trinajstić information content (AvgIpc) is 2.90. The Morgan fingerprint density at radius 3 is 2.19 bits per heavy atom. The van der Waals surface area contributed by atoms with Gasteiger partial charge in [-0.15, -0.1) is 0 Å². The smallest absolute Gasteiger partial charge is 0.188 e. The van der Waals surface area contributed by atoms with Crippen molar-refractivity contribution >= 4 is 5.78 Å².